The molecular formula is C33H33N3O6. The van der Waals surface area contributed by atoms with Crippen LogP contribution in [0.2, 0.25) is 0 Å². The second kappa shape index (κ2) is 12.2. The van der Waals surface area contributed by atoms with Gasteiger partial charge in [0.05, 0.1) is 43.6 Å². The Morgan fingerprint density at radius 2 is 1.86 bits per heavy atom. The van der Waals surface area contributed by atoms with E-state index in [-0.39, 0.29) is 18.1 Å². The quantitative estimate of drug-likeness (QED) is 0.294. The van der Waals surface area contributed by atoms with Gasteiger partial charge in [0.2, 0.25) is 0 Å². The van der Waals surface area contributed by atoms with Crippen molar-refractivity contribution in [2.45, 2.75) is 56.8 Å². The number of aliphatic hydroxyl groups excluding tert-OH is 1. The standard InChI is InChI=1S/C33H33N3O6/c1-39-30-17-21(33(38)36-26-4-2-3-5-28(26)37)6-8-25(30)31-18-27-32(42-31)24(10-13-35-27)20-7-9-29(22(16-20)19-34)41-23-11-14-40-15-12-23/h6-10,13,16-18,23,26,28,37H,2-5,11-12,14-15H2,1H3,(H,36,38)/t26?,28-/m1/s1. The second-order valence-electron chi connectivity index (χ2n) is 10.8. The monoisotopic (exact) mass is 567 g/mol. The molecule has 2 aromatic carbocycles. The minimum Gasteiger partial charge on any atom is -0.496 e. The summed E-state index contributed by atoms with van der Waals surface area (Å²) >= 11 is 0. The lowest BCUT2D eigenvalue weighted by molar-refractivity contribution is 0.0254. The van der Waals surface area contributed by atoms with Gasteiger partial charge in [0.1, 0.15) is 34.9 Å². The Kier molecular flexibility index (Phi) is 8.08. The molecule has 1 amide bonds. The number of nitrogens with one attached hydrogen (secondary N) is 1. The third-order valence-electron chi connectivity index (χ3n) is 8.06. The van der Waals surface area contributed by atoms with Gasteiger partial charge in [-0.2, -0.15) is 5.26 Å². The predicted octanol–water partition coefficient (Wildman–Crippen LogP) is 5.63. The molecule has 9 heteroatoms. The lowest BCUT2D eigenvalue weighted by Crippen LogP contribution is -2.45. The first kappa shape index (κ1) is 27.8. The molecule has 1 saturated carbocycles. The molecule has 9 nitrogen and oxygen atoms in total. The van der Waals surface area contributed by atoms with E-state index in [1.807, 2.05) is 30.3 Å². The van der Waals surface area contributed by atoms with Gasteiger partial charge in [0.15, 0.2) is 5.58 Å². The summed E-state index contributed by atoms with van der Waals surface area (Å²) in [5, 5.41) is 23.1. The number of aromatic nitrogens is 1. The zero-order valence-electron chi connectivity index (χ0n) is 23.5. The van der Waals surface area contributed by atoms with E-state index in [4.69, 9.17) is 18.6 Å². The van der Waals surface area contributed by atoms with Crippen LogP contribution < -0.4 is 14.8 Å². The van der Waals surface area contributed by atoms with Crippen molar-refractivity contribution in [2.75, 3.05) is 20.3 Å². The van der Waals surface area contributed by atoms with E-state index in [9.17, 15) is 15.2 Å². The normalized spacial score (nSPS) is 19.3. The maximum Gasteiger partial charge on any atom is 0.251 e. The molecule has 1 aliphatic carbocycles. The van der Waals surface area contributed by atoms with Crippen LogP contribution in [-0.2, 0) is 4.74 Å². The summed E-state index contributed by atoms with van der Waals surface area (Å²) in [7, 11) is 1.55. The van der Waals surface area contributed by atoms with E-state index < -0.39 is 6.10 Å². The Labute approximate surface area is 244 Å². The van der Waals surface area contributed by atoms with E-state index >= 15 is 0 Å². The molecule has 42 heavy (non-hydrogen) atoms. The first-order chi connectivity index (χ1) is 20.5. The van der Waals surface area contributed by atoms with Gasteiger partial charge in [-0.05, 0) is 54.8 Å². The van der Waals surface area contributed by atoms with Gasteiger partial charge in [0.25, 0.3) is 5.91 Å². The number of amides is 1. The summed E-state index contributed by atoms with van der Waals surface area (Å²) in [5.41, 5.74) is 4.39. The molecule has 6 rings (SSSR count). The highest BCUT2D eigenvalue weighted by Gasteiger charge is 2.26. The number of carbonyl (C=O) groups is 1. The summed E-state index contributed by atoms with van der Waals surface area (Å²) < 4.78 is 23.5. The third-order valence-corrected chi connectivity index (χ3v) is 8.06. The van der Waals surface area contributed by atoms with E-state index in [1.54, 1.807) is 31.5 Å². The smallest absolute Gasteiger partial charge is 0.251 e. The highest BCUT2D eigenvalue weighted by atomic mass is 16.5. The lowest BCUT2D eigenvalue weighted by Gasteiger charge is -2.28. The van der Waals surface area contributed by atoms with Crippen molar-refractivity contribution in [3.63, 3.8) is 0 Å². The van der Waals surface area contributed by atoms with Gasteiger partial charge in [-0.1, -0.05) is 18.9 Å². The molecular weight excluding hydrogens is 534 g/mol. The molecule has 0 spiro atoms. The van der Waals surface area contributed by atoms with Crippen molar-refractivity contribution in [3.05, 3.63) is 65.9 Å². The molecule has 1 aliphatic heterocycles. The first-order valence-electron chi connectivity index (χ1n) is 14.4. The molecule has 2 atom stereocenters. The number of hydrogen-bond donors (Lipinski definition) is 2. The maximum absolute atomic E-state index is 13.0. The number of benzene rings is 2. The van der Waals surface area contributed by atoms with Crippen molar-refractivity contribution in [1.29, 1.82) is 5.26 Å². The molecule has 0 bridgehead atoms. The number of ether oxygens (including phenoxy) is 3. The van der Waals surface area contributed by atoms with Crippen LogP contribution >= 0.6 is 0 Å². The minimum absolute atomic E-state index is 0.0308. The highest BCUT2D eigenvalue weighted by molar-refractivity contribution is 5.97. The number of fused-ring (bicyclic) bond motifs is 1. The number of carbonyl (C=O) groups excluding carboxylic acids is 1. The number of nitrogens with zero attached hydrogens (tertiary/aromatic N) is 2. The zero-order chi connectivity index (χ0) is 29.1. The molecule has 2 aliphatic rings. The summed E-state index contributed by atoms with van der Waals surface area (Å²) in [5.74, 6) is 1.33. The van der Waals surface area contributed by atoms with Crippen molar-refractivity contribution < 1.29 is 28.5 Å². The molecule has 3 heterocycles. The van der Waals surface area contributed by atoms with Crippen LogP contribution in [0.5, 0.6) is 11.5 Å². The topological polar surface area (TPSA) is 127 Å². The van der Waals surface area contributed by atoms with E-state index in [0.29, 0.717) is 64.7 Å². The molecule has 1 unspecified atom stereocenters. The van der Waals surface area contributed by atoms with Crippen LogP contribution in [0.1, 0.15) is 54.4 Å². The Hall–Kier alpha value is -4.39. The summed E-state index contributed by atoms with van der Waals surface area (Å²) in [4.78, 5) is 17.5. The molecule has 2 fully saturated rings. The molecule has 1 saturated heterocycles. The van der Waals surface area contributed by atoms with Crippen molar-refractivity contribution in [3.8, 4) is 40.0 Å². The Bertz CT molecular complexity index is 1630. The molecule has 0 radical (unpaired) electrons. The van der Waals surface area contributed by atoms with Gasteiger partial charge < -0.3 is 29.1 Å². The van der Waals surface area contributed by atoms with Crippen LogP contribution in [0.25, 0.3) is 33.6 Å². The number of furan rings is 1. The summed E-state index contributed by atoms with van der Waals surface area (Å²) in [6, 6.07) is 16.5. The third kappa shape index (κ3) is 5.69. The first-order valence-corrected chi connectivity index (χ1v) is 14.4. The minimum atomic E-state index is -0.527. The Morgan fingerprint density at radius 1 is 1.02 bits per heavy atom. The fraction of sp³-hybridized carbons (Fsp3) is 0.364. The zero-order valence-corrected chi connectivity index (χ0v) is 23.5. The largest absolute Gasteiger partial charge is 0.496 e. The summed E-state index contributed by atoms with van der Waals surface area (Å²) in [6.07, 6.45) is 6.22. The van der Waals surface area contributed by atoms with Crippen LogP contribution in [0.15, 0.2) is 59.1 Å². The number of nitriles is 1. The average molecular weight is 568 g/mol. The molecule has 216 valence electrons. The molecule has 4 aromatic rings. The van der Waals surface area contributed by atoms with Gasteiger partial charge in [-0.15, -0.1) is 0 Å². The number of rotatable bonds is 7. The van der Waals surface area contributed by atoms with Crippen LogP contribution in [0.4, 0.5) is 0 Å². The van der Waals surface area contributed by atoms with Crippen LogP contribution in [0.3, 0.4) is 0 Å². The number of hydrogen-bond acceptors (Lipinski definition) is 8. The van der Waals surface area contributed by atoms with Crippen molar-refractivity contribution >= 4 is 17.0 Å². The van der Waals surface area contributed by atoms with E-state index in [0.717, 1.165) is 43.2 Å². The van der Waals surface area contributed by atoms with Gasteiger partial charge in [-0.3, -0.25) is 9.78 Å². The fourth-order valence-electron chi connectivity index (χ4n) is 5.73. The number of methoxy groups -OCH3 is 1. The SMILES string of the molecule is COc1cc(C(=O)NC2CCCC[C@H]2O)ccc1-c1cc2nccc(-c3ccc(OC4CCOCC4)c(C#N)c3)c2o1. The van der Waals surface area contributed by atoms with Gasteiger partial charge in [-0.25, -0.2) is 0 Å². The van der Waals surface area contributed by atoms with Crippen molar-refractivity contribution in [2.24, 2.45) is 0 Å². The maximum atomic E-state index is 13.0. The second-order valence-corrected chi connectivity index (χ2v) is 10.8. The summed E-state index contributed by atoms with van der Waals surface area (Å²) in [6.45, 7) is 1.32. The fourth-order valence-corrected chi connectivity index (χ4v) is 5.73. The molecule has 2 N–H and O–H groups in total. The average Bonchev–Trinajstić information content (AvgIpc) is 3.47. The Morgan fingerprint density at radius 3 is 2.64 bits per heavy atom. The van der Waals surface area contributed by atoms with Crippen molar-refractivity contribution in [1.82, 2.24) is 10.3 Å². The number of aliphatic hydroxyl groups is 1. The Balaban J connectivity index is 1.28. The lowest BCUT2D eigenvalue weighted by atomic mass is 9.92. The van der Waals surface area contributed by atoms with Crippen LogP contribution in [0, 0.1) is 11.3 Å². The number of pyridine rings is 1. The van der Waals surface area contributed by atoms with E-state index in [1.165, 1.54) is 0 Å². The van der Waals surface area contributed by atoms with Gasteiger partial charge >= 0.3 is 0 Å². The van der Waals surface area contributed by atoms with E-state index in [2.05, 4.69) is 16.4 Å². The molecule has 2 aromatic heterocycles. The highest BCUT2D eigenvalue weighted by Crippen LogP contribution is 2.38. The predicted molar refractivity (Wildman–Crippen MR) is 156 cm³/mol. The van der Waals surface area contributed by atoms with Gasteiger partial charge in [0, 0.05) is 36.2 Å². The van der Waals surface area contributed by atoms with Crippen LogP contribution in [-0.4, -0.2) is 54.6 Å².